The maximum absolute atomic E-state index is 12.2. The minimum atomic E-state index is -0.272. The molecule has 1 aromatic heterocycles. The molecule has 3 rings (SSSR count). The molecule has 2 N–H and O–H groups in total. The van der Waals surface area contributed by atoms with Crippen molar-refractivity contribution in [2.75, 3.05) is 5.32 Å². The average Bonchev–Trinajstić information content (AvgIpc) is 3.16. The molecule has 2 aromatic carbocycles. The molecule has 0 spiro atoms. The Balaban J connectivity index is 1.57. The third-order valence-corrected chi connectivity index (χ3v) is 6.02. The van der Waals surface area contributed by atoms with Crippen molar-refractivity contribution in [2.45, 2.75) is 13.3 Å². The van der Waals surface area contributed by atoms with E-state index in [4.69, 9.17) is 34.8 Å². The van der Waals surface area contributed by atoms with Gasteiger partial charge in [0.2, 0.25) is 5.91 Å². The zero-order valence-electron chi connectivity index (χ0n) is 15.7. The summed E-state index contributed by atoms with van der Waals surface area (Å²) in [7, 11) is 0. The van der Waals surface area contributed by atoms with Crippen molar-refractivity contribution >= 4 is 69.4 Å². The Morgan fingerprint density at radius 2 is 1.70 bits per heavy atom. The molecule has 0 saturated carbocycles. The van der Waals surface area contributed by atoms with Gasteiger partial charge in [-0.25, -0.2) is 5.43 Å². The number of hydrogen-bond donors (Lipinski definition) is 2. The van der Waals surface area contributed by atoms with Crippen LogP contribution in [0.1, 0.15) is 27.7 Å². The summed E-state index contributed by atoms with van der Waals surface area (Å²) in [6, 6.07) is 15.5. The highest BCUT2D eigenvalue weighted by Gasteiger charge is 2.09. The number of carbonyl (C=O) groups excluding carboxylic acids is 2. The summed E-state index contributed by atoms with van der Waals surface area (Å²) >= 11 is 18.9. The summed E-state index contributed by atoms with van der Waals surface area (Å²) in [4.78, 5) is 24.8. The van der Waals surface area contributed by atoms with Crippen molar-refractivity contribution < 1.29 is 9.59 Å². The predicted octanol–water partition coefficient (Wildman–Crippen LogP) is 6.04. The van der Waals surface area contributed by atoms with Gasteiger partial charge in [-0.3, -0.25) is 9.59 Å². The molecule has 0 bridgehead atoms. The Labute approximate surface area is 192 Å². The number of halogens is 3. The number of rotatable bonds is 6. The topological polar surface area (TPSA) is 70.6 Å². The highest BCUT2D eigenvalue weighted by molar-refractivity contribution is 7.18. The van der Waals surface area contributed by atoms with E-state index in [1.165, 1.54) is 11.3 Å². The smallest absolute Gasteiger partial charge is 0.265 e. The van der Waals surface area contributed by atoms with Crippen LogP contribution < -0.4 is 10.7 Å². The summed E-state index contributed by atoms with van der Waals surface area (Å²) in [6.07, 6.45) is 0.130. The molecule has 0 radical (unpaired) electrons. The highest BCUT2D eigenvalue weighted by atomic mass is 35.5. The number of amides is 2. The third-order valence-electron chi connectivity index (χ3n) is 4.05. The van der Waals surface area contributed by atoms with E-state index in [1.807, 2.05) is 0 Å². The van der Waals surface area contributed by atoms with Crippen molar-refractivity contribution in [2.24, 2.45) is 5.10 Å². The highest BCUT2D eigenvalue weighted by Crippen LogP contribution is 2.23. The molecule has 5 nitrogen and oxygen atoms in total. The average molecular weight is 481 g/mol. The molecule has 0 fully saturated rings. The Kier molecular flexibility index (Phi) is 7.50. The van der Waals surface area contributed by atoms with Gasteiger partial charge in [0, 0.05) is 5.69 Å². The van der Waals surface area contributed by atoms with Crippen molar-refractivity contribution in [3.05, 3.63) is 85.0 Å². The maximum Gasteiger partial charge on any atom is 0.265 e. The van der Waals surface area contributed by atoms with Gasteiger partial charge in [-0.1, -0.05) is 53.0 Å². The molecule has 3 aromatic rings. The maximum atomic E-state index is 12.2. The lowest BCUT2D eigenvalue weighted by atomic mass is 10.1. The number of nitrogens with one attached hydrogen (secondary N) is 2. The summed E-state index contributed by atoms with van der Waals surface area (Å²) < 4.78 is 0.559. The molecule has 0 atom stereocenters. The van der Waals surface area contributed by atoms with E-state index in [0.717, 1.165) is 11.1 Å². The van der Waals surface area contributed by atoms with Crippen LogP contribution in [-0.4, -0.2) is 17.5 Å². The van der Waals surface area contributed by atoms with Gasteiger partial charge in [-0.15, -0.1) is 11.3 Å². The first kappa shape index (κ1) is 22.3. The quantitative estimate of drug-likeness (QED) is 0.333. The summed E-state index contributed by atoms with van der Waals surface area (Å²) in [5.74, 6) is -0.495. The van der Waals surface area contributed by atoms with E-state index in [1.54, 1.807) is 61.5 Å². The van der Waals surface area contributed by atoms with Crippen LogP contribution in [-0.2, 0) is 11.2 Å². The number of hydrazone groups is 1. The van der Waals surface area contributed by atoms with Gasteiger partial charge in [0.1, 0.15) is 0 Å². The molecule has 2 amide bonds. The Bertz CT molecular complexity index is 1110. The van der Waals surface area contributed by atoms with Crippen molar-refractivity contribution in [3.8, 4) is 0 Å². The van der Waals surface area contributed by atoms with Gasteiger partial charge < -0.3 is 5.32 Å². The second-order valence-corrected chi connectivity index (χ2v) is 8.82. The van der Waals surface area contributed by atoms with Gasteiger partial charge in [-0.05, 0) is 54.4 Å². The molecule has 30 heavy (non-hydrogen) atoms. The molecule has 1 heterocycles. The van der Waals surface area contributed by atoms with E-state index in [-0.39, 0.29) is 18.2 Å². The number of benzene rings is 2. The second kappa shape index (κ2) is 10.1. The number of anilines is 1. The monoisotopic (exact) mass is 479 g/mol. The molecule has 0 unspecified atom stereocenters. The Morgan fingerprint density at radius 1 is 0.967 bits per heavy atom. The number of hydrogen-bond acceptors (Lipinski definition) is 4. The van der Waals surface area contributed by atoms with E-state index in [2.05, 4.69) is 15.8 Å². The first-order valence-electron chi connectivity index (χ1n) is 8.76. The first-order chi connectivity index (χ1) is 14.3. The summed E-state index contributed by atoms with van der Waals surface area (Å²) in [5.41, 5.74) is 5.34. The fourth-order valence-electron chi connectivity index (χ4n) is 2.51. The van der Waals surface area contributed by atoms with Gasteiger partial charge in [0.15, 0.2) is 0 Å². The third kappa shape index (κ3) is 6.06. The second-order valence-electron chi connectivity index (χ2n) is 6.29. The molecule has 9 heteroatoms. The van der Waals surface area contributed by atoms with E-state index < -0.39 is 0 Å². The van der Waals surface area contributed by atoms with Gasteiger partial charge in [0.05, 0.1) is 31.4 Å². The van der Waals surface area contributed by atoms with Gasteiger partial charge in [-0.2, -0.15) is 5.10 Å². The van der Waals surface area contributed by atoms with Crippen molar-refractivity contribution in [3.63, 3.8) is 0 Å². The fraction of sp³-hybridized carbons (Fsp3) is 0.0952. The summed E-state index contributed by atoms with van der Waals surface area (Å²) in [6.45, 7) is 1.78. The molecular weight excluding hydrogens is 465 g/mol. The normalized spacial score (nSPS) is 11.3. The van der Waals surface area contributed by atoms with Crippen molar-refractivity contribution in [1.29, 1.82) is 0 Å². The van der Waals surface area contributed by atoms with Crippen LogP contribution >= 0.6 is 46.1 Å². The van der Waals surface area contributed by atoms with Crippen LogP contribution in [0.3, 0.4) is 0 Å². The lowest BCUT2D eigenvalue weighted by Crippen LogP contribution is -2.21. The Morgan fingerprint density at radius 3 is 2.33 bits per heavy atom. The van der Waals surface area contributed by atoms with Crippen LogP contribution in [0.15, 0.2) is 59.7 Å². The molecule has 0 saturated heterocycles. The molecule has 0 aliphatic carbocycles. The van der Waals surface area contributed by atoms with Crippen LogP contribution in [0, 0.1) is 0 Å². The molecule has 0 aliphatic heterocycles. The molecular formula is C21H16Cl3N3O2S. The first-order valence-corrected chi connectivity index (χ1v) is 10.7. The SMILES string of the molecule is C/C(=N/NC(=O)Cc1ccc(Cl)c(Cl)c1)c1ccc(NC(=O)c2ccc(Cl)s2)cc1. The number of thiophene rings is 1. The van der Waals surface area contributed by atoms with Crippen LogP contribution in [0.5, 0.6) is 0 Å². The standard InChI is InChI=1S/C21H16Cl3N3O2S/c1-12(26-27-20(28)11-13-2-7-16(22)17(23)10-13)14-3-5-15(6-4-14)25-21(29)18-8-9-19(24)30-18/h2-10H,11H2,1H3,(H,25,29)(H,27,28)/b26-12-. The minimum absolute atomic E-state index is 0.130. The van der Waals surface area contributed by atoms with E-state index in [0.29, 0.717) is 30.7 Å². The lowest BCUT2D eigenvalue weighted by Gasteiger charge is -2.06. The van der Waals surface area contributed by atoms with Gasteiger partial charge in [0.25, 0.3) is 5.91 Å². The zero-order chi connectivity index (χ0) is 21.7. The number of carbonyl (C=O) groups is 2. The van der Waals surface area contributed by atoms with E-state index in [9.17, 15) is 9.59 Å². The fourth-order valence-corrected chi connectivity index (χ4v) is 3.77. The van der Waals surface area contributed by atoms with E-state index >= 15 is 0 Å². The van der Waals surface area contributed by atoms with Crippen LogP contribution in [0.2, 0.25) is 14.4 Å². The molecule has 154 valence electrons. The van der Waals surface area contributed by atoms with Crippen LogP contribution in [0.4, 0.5) is 5.69 Å². The lowest BCUT2D eigenvalue weighted by molar-refractivity contribution is -0.120. The predicted molar refractivity (Wildman–Crippen MR) is 124 cm³/mol. The zero-order valence-corrected chi connectivity index (χ0v) is 18.8. The largest absolute Gasteiger partial charge is 0.321 e. The Hall–Kier alpha value is -2.38. The molecule has 0 aliphatic rings. The summed E-state index contributed by atoms with van der Waals surface area (Å²) in [5, 5.41) is 7.77. The minimum Gasteiger partial charge on any atom is -0.321 e. The van der Waals surface area contributed by atoms with Crippen LogP contribution in [0.25, 0.3) is 0 Å². The van der Waals surface area contributed by atoms with Crippen molar-refractivity contribution in [1.82, 2.24) is 5.43 Å². The van der Waals surface area contributed by atoms with Gasteiger partial charge >= 0.3 is 0 Å². The number of nitrogens with zero attached hydrogens (tertiary/aromatic N) is 1.